The lowest BCUT2D eigenvalue weighted by Crippen LogP contribution is -2.54. The van der Waals surface area contributed by atoms with Crippen molar-refractivity contribution in [3.63, 3.8) is 0 Å². The molecule has 1 N–H and O–H groups in total. The molecule has 1 saturated carbocycles. The standard InChI is InChI=1S/C23H35FN4O2/c1-18(2)17-28-14-7-13-27(22(30)21-19(24)8-6-11-26-21)15-12-25-20(29)16-23(28)9-4-3-5-10-23/h6,8,11,18H,3-5,7,9-10,12-17H2,1-2H3,(H,25,29). The number of carbonyl (C=O) groups is 2. The van der Waals surface area contributed by atoms with Crippen LogP contribution in [-0.2, 0) is 4.79 Å². The highest BCUT2D eigenvalue weighted by Gasteiger charge is 2.40. The molecule has 2 heterocycles. The number of amides is 2. The van der Waals surface area contributed by atoms with E-state index in [0.717, 1.165) is 45.2 Å². The molecule has 1 aromatic rings. The minimum absolute atomic E-state index is 0.0453. The maximum Gasteiger partial charge on any atom is 0.275 e. The van der Waals surface area contributed by atoms with Gasteiger partial charge in [-0.3, -0.25) is 14.5 Å². The summed E-state index contributed by atoms with van der Waals surface area (Å²) in [5, 5.41) is 3.00. The molecule has 6 nitrogen and oxygen atoms in total. The summed E-state index contributed by atoms with van der Waals surface area (Å²) in [7, 11) is 0. The summed E-state index contributed by atoms with van der Waals surface area (Å²) in [6, 6.07) is 2.73. The van der Waals surface area contributed by atoms with Gasteiger partial charge in [-0.05, 0) is 37.3 Å². The topological polar surface area (TPSA) is 65.5 Å². The Labute approximate surface area is 179 Å². The molecule has 0 unspecified atom stereocenters. The second kappa shape index (κ2) is 10.3. The summed E-state index contributed by atoms with van der Waals surface area (Å²) in [6.07, 6.45) is 8.39. The van der Waals surface area contributed by atoms with Crippen LogP contribution in [0.1, 0.15) is 69.3 Å². The van der Waals surface area contributed by atoms with Gasteiger partial charge in [-0.1, -0.05) is 33.1 Å². The molecule has 0 aromatic carbocycles. The van der Waals surface area contributed by atoms with Crippen LogP contribution in [0.15, 0.2) is 18.3 Å². The molecule has 166 valence electrons. The van der Waals surface area contributed by atoms with E-state index in [0.29, 0.717) is 32.0 Å². The summed E-state index contributed by atoms with van der Waals surface area (Å²) in [6.45, 7) is 7.45. The van der Waals surface area contributed by atoms with Crippen molar-refractivity contribution in [2.24, 2.45) is 5.92 Å². The first-order chi connectivity index (χ1) is 14.4. The second-order valence-corrected chi connectivity index (χ2v) is 9.13. The molecule has 1 aromatic heterocycles. The van der Waals surface area contributed by atoms with E-state index in [2.05, 4.69) is 29.0 Å². The predicted octanol–water partition coefficient (Wildman–Crippen LogP) is 3.23. The zero-order valence-corrected chi connectivity index (χ0v) is 18.3. The molecule has 0 radical (unpaired) electrons. The Hall–Kier alpha value is -2.02. The van der Waals surface area contributed by atoms with Crippen LogP contribution in [0.25, 0.3) is 0 Å². The number of hydrogen-bond acceptors (Lipinski definition) is 4. The SMILES string of the molecule is CC(C)CN1CCCN(C(=O)c2ncccc2F)CCNC(=O)CC12CCCCC2. The van der Waals surface area contributed by atoms with Gasteiger partial charge in [0.2, 0.25) is 5.91 Å². The first-order valence-corrected chi connectivity index (χ1v) is 11.3. The van der Waals surface area contributed by atoms with Crippen LogP contribution in [0.3, 0.4) is 0 Å². The number of nitrogens with one attached hydrogen (secondary N) is 1. The van der Waals surface area contributed by atoms with E-state index in [1.54, 1.807) is 4.90 Å². The lowest BCUT2D eigenvalue weighted by molar-refractivity contribution is -0.125. The lowest BCUT2D eigenvalue weighted by atomic mass is 9.77. The Morgan fingerprint density at radius 3 is 2.67 bits per heavy atom. The van der Waals surface area contributed by atoms with E-state index >= 15 is 0 Å². The molecule has 1 spiro atoms. The van der Waals surface area contributed by atoms with E-state index in [4.69, 9.17) is 0 Å². The maximum atomic E-state index is 14.1. The van der Waals surface area contributed by atoms with Gasteiger partial charge in [-0.25, -0.2) is 9.37 Å². The van der Waals surface area contributed by atoms with E-state index in [1.165, 1.54) is 24.8 Å². The van der Waals surface area contributed by atoms with Crippen molar-refractivity contribution in [3.05, 3.63) is 29.8 Å². The van der Waals surface area contributed by atoms with Gasteiger partial charge >= 0.3 is 0 Å². The molecule has 1 aliphatic heterocycles. The quantitative estimate of drug-likeness (QED) is 0.819. The number of nitrogens with zero attached hydrogens (tertiary/aromatic N) is 3. The number of aromatic nitrogens is 1. The second-order valence-electron chi connectivity index (χ2n) is 9.13. The Morgan fingerprint density at radius 2 is 1.97 bits per heavy atom. The third kappa shape index (κ3) is 5.56. The molecule has 2 fully saturated rings. The van der Waals surface area contributed by atoms with Gasteiger partial charge in [0.05, 0.1) is 0 Å². The lowest BCUT2D eigenvalue weighted by Gasteiger charge is -2.47. The Balaban J connectivity index is 1.79. The highest BCUT2D eigenvalue weighted by Crippen LogP contribution is 2.37. The maximum absolute atomic E-state index is 14.1. The molecule has 0 atom stereocenters. The van der Waals surface area contributed by atoms with Crippen LogP contribution in [0.2, 0.25) is 0 Å². The summed E-state index contributed by atoms with van der Waals surface area (Å²) in [4.78, 5) is 33.8. The molecule has 1 saturated heterocycles. The number of pyridine rings is 1. The van der Waals surface area contributed by atoms with Crippen molar-refractivity contribution in [2.75, 3.05) is 32.7 Å². The minimum Gasteiger partial charge on any atom is -0.354 e. The Morgan fingerprint density at radius 1 is 1.20 bits per heavy atom. The molecule has 2 aliphatic rings. The van der Waals surface area contributed by atoms with Gasteiger partial charge in [0, 0.05) is 50.9 Å². The highest BCUT2D eigenvalue weighted by molar-refractivity contribution is 5.92. The smallest absolute Gasteiger partial charge is 0.275 e. The first kappa shape index (κ1) is 22.7. The largest absolute Gasteiger partial charge is 0.354 e. The van der Waals surface area contributed by atoms with E-state index in [-0.39, 0.29) is 17.1 Å². The average molecular weight is 419 g/mol. The van der Waals surface area contributed by atoms with Crippen molar-refractivity contribution in [2.45, 2.75) is 64.3 Å². The van der Waals surface area contributed by atoms with E-state index in [9.17, 15) is 14.0 Å². The Kier molecular flexibility index (Phi) is 7.81. The van der Waals surface area contributed by atoms with Crippen molar-refractivity contribution in [1.29, 1.82) is 0 Å². The summed E-state index contributed by atoms with van der Waals surface area (Å²) >= 11 is 0. The monoisotopic (exact) mass is 418 g/mol. The number of rotatable bonds is 3. The fourth-order valence-corrected chi connectivity index (χ4v) is 4.93. The number of halogens is 1. The zero-order valence-electron chi connectivity index (χ0n) is 18.3. The average Bonchev–Trinajstić information content (AvgIpc) is 2.74. The third-order valence-corrected chi connectivity index (χ3v) is 6.34. The summed E-state index contributed by atoms with van der Waals surface area (Å²) in [5.41, 5.74) is -0.236. The highest BCUT2D eigenvalue weighted by atomic mass is 19.1. The van der Waals surface area contributed by atoms with Gasteiger partial charge in [0.1, 0.15) is 0 Å². The van der Waals surface area contributed by atoms with Crippen molar-refractivity contribution < 1.29 is 14.0 Å². The molecule has 0 bridgehead atoms. The van der Waals surface area contributed by atoms with E-state index < -0.39 is 11.7 Å². The van der Waals surface area contributed by atoms with Crippen LogP contribution in [0.4, 0.5) is 4.39 Å². The molecular weight excluding hydrogens is 383 g/mol. The van der Waals surface area contributed by atoms with Gasteiger partial charge in [-0.15, -0.1) is 0 Å². The molecular formula is C23H35FN4O2. The first-order valence-electron chi connectivity index (χ1n) is 11.3. The van der Waals surface area contributed by atoms with Crippen molar-refractivity contribution >= 4 is 11.8 Å². The molecule has 3 rings (SSSR count). The third-order valence-electron chi connectivity index (χ3n) is 6.34. The van der Waals surface area contributed by atoms with Crippen LogP contribution >= 0.6 is 0 Å². The van der Waals surface area contributed by atoms with Crippen molar-refractivity contribution in [1.82, 2.24) is 20.1 Å². The van der Waals surface area contributed by atoms with Gasteiger partial charge < -0.3 is 10.2 Å². The molecule has 2 amide bonds. The molecule has 7 heteroatoms. The molecule has 1 aliphatic carbocycles. The van der Waals surface area contributed by atoms with Crippen molar-refractivity contribution in [3.8, 4) is 0 Å². The predicted molar refractivity (Wildman–Crippen MR) is 115 cm³/mol. The Bertz CT molecular complexity index is 734. The van der Waals surface area contributed by atoms with Crippen LogP contribution in [0.5, 0.6) is 0 Å². The minimum atomic E-state index is -0.608. The van der Waals surface area contributed by atoms with Crippen LogP contribution < -0.4 is 5.32 Å². The fourth-order valence-electron chi connectivity index (χ4n) is 4.93. The van der Waals surface area contributed by atoms with Gasteiger partial charge in [0.25, 0.3) is 5.91 Å². The fraction of sp³-hybridized carbons (Fsp3) is 0.696. The van der Waals surface area contributed by atoms with Gasteiger partial charge in [-0.2, -0.15) is 0 Å². The van der Waals surface area contributed by atoms with E-state index in [1.807, 2.05) is 0 Å². The zero-order chi connectivity index (χ0) is 21.6. The summed E-state index contributed by atoms with van der Waals surface area (Å²) in [5.74, 6) is -0.478. The molecule has 30 heavy (non-hydrogen) atoms. The van der Waals surface area contributed by atoms with Crippen LogP contribution in [-0.4, -0.2) is 64.9 Å². The van der Waals surface area contributed by atoms with Crippen LogP contribution in [0, 0.1) is 11.7 Å². The number of hydrogen-bond donors (Lipinski definition) is 1. The summed E-state index contributed by atoms with van der Waals surface area (Å²) < 4.78 is 14.1. The number of carbonyl (C=O) groups excluding carboxylic acids is 2. The normalized spacial score (nSPS) is 21.3. The van der Waals surface area contributed by atoms with Gasteiger partial charge in [0.15, 0.2) is 11.5 Å².